The van der Waals surface area contributed by atoms with Gasteiger partial charge in [-0.25, -0.2) is 0 Å². The highest BCUT2D eigenvalue weighted by Gasteiger charge is 2.32. The molecule has 1 aliphatic rings. The Balaban J connectivity index is 1.55. The Morgan fingerprint density at radius 2 is 1.77 bits per heavy atom. The van der Waals surface area contributed by atoms with E-state index in [0.717, 1.165) is 23.1 Å². The van der Waals surface area contributed by atoms with Crippen molar-refractivity contribution in [2.45, 2.75) is 39.2 Å². The maximum Gasteiger partial charge on any atom is 0.223 e. The zero-order valence-corrected chi connectivity index (χ0v) is 17.5. The van der Waals surface area contributed by atoms with Gasteiger partial charge < -0.3 is 4.90 Å². The fraction of sp³-hybridized carbons (Fsp3) is 0.269. The summed E-state index contributed by atoms with van der Waals surface area (Å²) in [5, 5.41) is 0. The van der Waals surface area contributed by atoms with Gasteiger partial charge in [-0.05, 0) is 43.0 Å². The molecule has 1 aromatic heterocycles. The molecule has 4 heteroatoms. The first-order valence-electron chi connectivity index (χ1n) is 10.4. The first-order valence-corrected chi connectivity index (χ1v) is 10.4. The minimum atomic E-state index is -0.162. The maximum atomic E-state index is 13.2. The first kappa shape index (κ1) is 20.0. The molecule has 30 heavy (non-hydrogen) atoms. The Bertz CT molecular complexity index is 1060. The van der Waals surface area contributed by atoms with E-state index in [0.29, 0.717) is 12.1 Å². The Hall–Kier alpha value is -3.27. The molecule has 4 nitrogen and oxygen atoms in total. The molecular weight excluding hydrogens is 372 g/mol. The molecule has 0 aliphatic carbocycles. The van der Waals surface area contributed by atoms with Gasteiger partial charge in [0.05, 0.1) is 6.04 Å². The van der Waals surface area contributed by atoms with Crippen LogP contribution in [-0.2, 0) is 11.2 Å². The molecule has 152 valence electrons. The second-order valence-electron chi connectivity index (χ2n) is 8.02. The van der Waals surface area contributed by atoms with Gasteiger partial charge in [-0.1, -0.05) is 59.7 Å². The number of fused-ring (bicyclic) bond motifs is 1. The molecular formula is C26H26N2O2. The molecule has 1 aliphatic heterocycles. The number of rotatable bonds is 5. The number of carbonyl (C=O) groups excluding carboxylic acids is 2. The highest BCUT2D eigenvalue weighted by Crippen LogP contribution is 2.35. The van der Waals surface area contributed by atoms with Crippen molar-refractivity contribution in [1.29, 1.82) is 0 Å². The van der Waals surface area contributed by atoms with Gasteiger partial charge in [-0.3, -0.25) is 14.6 Å². The molecule has 3 aromatic rings. The largest absolute Gasteiger partial charge is 0.331 e. The highest BCUT2D eigenvalue weighted by atomic mass is 16.2. The molecule has 0 N–H and O–H groups in total. The maximum absolute atomic E-state index is 13.2. The van der Waals surface area contributed by atoms with E-state index in [1.807, 2.05) is 54.4 Å². The Kier molecular flexibility index (Phi) is 5.75. The summed E-state index contributed by atoms with van der Waals surface area (Å²) >= 11 is 0. The lowest BCUT2D eigenvalue weighted by molar-refractivity contribution is -0.133. The number of carbonyl (C=O) groups is 2. The van der Waals surface area contributed by atoms with Gasteiger partial charge in [-0.2, -0.15) is 0 Å². The number of pyridine rings is 1. The zero-order chi connectivity index (χ0) is 21.1. The lowest BCUT2D eigenvalue weighted by atomic mass is 9.87. The van der Waals surface area contributed by atoms with Crippen LogP contribution in [0, 0.1) is 13.8 Å². The summed E-state index contributed by atoms with van der Waals surface area (Å²) in [6.45, 7) is 4.73. The molecule has 0 spiro atoms. The van der Waals surface area contributed by atoms with Crippen molar-refractivity contribution in [1.82, 2.24) is 9.88 Å². The smallest absolute Gasteiger partial charge is 0.223 e. The molecule has 0 saturated carbocycles. The van der Waals surface area contributed by atoms with Crippen molar-refractivity contribution in [3.8, 4) is 0 Å². The van der Waals surface area contributed by atoms with Gasteiger partial charge in [-0.15, -0.1) is 0 Å². The van der Waals surface area contributed by atoms with Gasteiger partial charge in [0.1, 0.15) is 0 Å². The molecule has 0 fully saturated rings. The van der Waals surface area contributed by atoms with Gasteiger partial charge in [0.2, 0.25) is 5.91 Å². The number of hydrogen-bond donors (Lipinski definition) is 0. The predicted molar refractivity (Wildman–Crippen MR) is 117 cm³/mol. The topological polar surface area (TPSA) is 50.3 Å². The number of aromatic nitrogens is 1. The lowest BCUT2D eigenvalue weighted by Gasteiger charge is -2.38. The molecule has 4 rings (SSSR count). The Morgan fingerprint density at radius 1 is 1.00 bits per heavy atom. The van der Waals surface area contributed by atoms with Gasteiger partial charge >= 0.3 is 0 Å². The van der Waals surface area contributed by atoms with E-state index in [4.69, 9.17) is 0 Å². The van der Waals surface area contributed by atoms with E-state index in [-0.39, 0.29) is 30.6 Å². The number of hydrogen-bond acceptors (Lipinski definition) is 3. The van der Waals surface area contributed by atoms with E-state index in [9.17, 15) is 9.59 Å². The van der Waals surface area contributed by atoms with Crippen LogP contribution in [0.15, 0.2) is 67.0 Å². The van der Waals surface area contributed by atoms with E-state index >= 15 is 0 Å². The van der Waals surface area contributed by atoms with Crippen LogP contribution < -0.4 is 0 Å². The van der Waals surface area contributed by atoms with Crippen LogP contribution in [0.5, 0.6) is 0 Å². The van der Waals surface area contributed by atoms with Crippen molar-refractivity contribution in [2.24, 2.45) is 0 Å². The van der Waals surface area contributed by atoms with Crippen molar-refractivity contribution in [3.63, 3.8) is 0 Å². The van der Waals surface area contributed by atoms with Crippen molar-refractivity contribution < 1.29 is 9.59 Å². The van der Waals surface area contributed by atoms with E-state index in [2.05, 4.69) is 30.1 Å². The van der Waals surface area contributed by atoms with Crippen LogP contribution in [0.2, 0.25) is 0 Å². The molecule has 2 aromatic carbocycles. The molecule has 0 bridgehead atoms. The summed E-state index contributed by atoms with van der Waals surface area (Å²) in [6, 6.07) is 17.7. The summed E-state index contributed by atoms with van der Waals surface area (Å²) in [6.07, 6.45) is 4.83. The average Bonchev–Trinajstić information content (AvgIpc) is 2.77. The first-order chi connectivity index (χ1) is 14.5. The molecule has 0 radical (unpaired) electrons. The van der Waals surface area contributed by atoms with Gasteiger partial charge in [0, 0.05) is 37.3 Å². The van der Waals surface area contributed by atoms with Crippen LogP contribution in [0.4, 0.5) is 0 Å². The Labute approximate surface area is 177 Å². The van der Waals surface area contributed by atoms with Crippen LogP contribution >= 0.6 is 0 Å². The quantitative estimate of drug-likeness (QED) is 0.578. The van der Waals surface area contributed by atoms with Crippen LogP contribution in [0.3, 0.4) is 0 Å². The lowest BCUT2D eigenvalue weighted by Crippen LogP contribution is -2.40. The van der Waals surface area contributed by atoms with Gasteiger partial charge in [0.25, 0.3) is 0 Å². The summed E-state index contributed by atoms with van der Waals surface area (Å²) in [7, 11) is 0. The van der Waals surface area contributed by atoms with Crippen molar-refractivity contribution in [2.75, 3.05) is 6.54 Å². The second-order valence-corrected chi connectivity index (χ2v) is 8.02. The predicted octanol–water partition coefficient (Wildman–Crippen LogP) is 4.84. The number of ketones is 1. The fourth-order valence-corrected chi connectivity index (χ4v) is 4.17. The number of amides is 1. The van der Waals surface area contributed by atoms with Crippen LogP contribution in [-0.4, -0.2) is 28.1 Å². The van der Waals surface area contributed by atoms with Crippen molar-refractivity contribution in [3.05, 3.63) is 100 Å². The number of aryl methyl sites for hydroxylation is 2. The summed E-state index contributed by atoms with van der Waals surface area (Å²) in [5.74, 6) is 0.0184. The minimum absolute atomic E-state index is 0.00862. The summed E-state index contributed by atoms with van der Waals surface area (Å²) in [4.78, 5) is 31.9. The third kappa shape index (κ3) is 4.18. The second kappa shape index (κ2) is 8.62. The monoisotopic (exact) mass is 398 g/mol. The number of nitrogens with zero attached hydrogens (tertiary/aromatic N) is 2. The highest BCUT2D eigenvalue weighted by molar-refractivity contribution is 5.98. The Morgan fingerprint density at radius 3 is 2.50 bits per heavy atom. The minimum Gasteiger partial charge on any atom is -0.331 e. The molecule has 1 unspecified atom stereocenters. The molecule has 2 heterocycles. The van der Waals surface area contributed by atoms with E-state index in [1.54, 1.807) is 6.20 Å². The number of Topliss-reactive ketones (excluding diaryl/α,β-unsaturated/α-hetero) is 1. The SMILES string of the molecule is Cc1ccc(C(=O)CCC(=O)N2CCc3cc(C)ccc3C2c2cccnc2)cc1. The van der Waals surface area contributed by atoms with Crippen LogP contribution in [0.25, 0.3) is 0 Å². The third-order valence-corrected chi connectivity index (χ3v) is 5.79. The fourth-order valence-electron chi connectivity index (χ4n) is 4.17. The third-order valence-electron chi connectivity index (χ3n) is 5.79. The standard InChI is InChI=1S/C26H26N2O2/c1-18-5-8-20(9-6-18)24(29)11-12-25(30)28-15-13-21-16-19(2)7-10-23(21)26(28)22-4-3-14-27-17-22/h3-10,14,16-17,26H,11-13,15H2,1-2H3. The molecule has 1 atom stereocenters. The number of benzene rings is 2. The normalized spacial score (nSPS) is 15.5. The molecule has 1 amide bonds. The van der Waals surface area contributed by atoms with Crippen molar-refractivity contribution >= 4 is 11.7 Å². The summed E-state index contributed by atoms with van der Waals surface area (Å²) < 4.78 is 0. The zero-order valence-electron chi connectivity index (χ0n) is 17.5. The summed E-state index contributed by atoms with van der Waals surface area (Å²) in [5.41, 5.74) is 6.44. The van der Waals surface area contributed by atoms with Gasteiger partial charge in [0.15, 0.2) is 5.78 Å². The van der Waals surface area contributed by atoms with Crippen LogP contribution in [0.1, 0.15) is 57.1 Å². The van der Waals surface area contributed by atoms with E-state index in [1.165, 1.54) is 11.1 Å². The molecule has 0 saturated heterocycles. The average molecular weight is 399 g/mol. The van der Waals surface area contributed by atoms with E-state index < -0.39 is 0 Å².